The molecule has 2 N–H and O–H groups in total. The first-order valence-electron chi connectivity index (χ1n) is 8.94. The number of nitrogens with one attached hydrogen (secondary N) is 2. The highest BCUT2D eigenvalue weighted by atomic mass is 16.7. The molecular formula is C21H17N5O2. The number of aromatic nitrogens is 1. The van der Waals surface area contributed by atoms with Crippen LogP contribution in [-0.4, -0.2) is 10.9 Å². The van der Waals surface area contributed by atoms with Crippen molar-refractivity contribution in [3.63, 3.8) is 0 Å². The van der Waals surface area contributed by atoms with Crippen molar-refractivity contribution in [2.45, 2.75) is 25.2 Å². The summed E-state index contributed by atoms with van der Waals surface area (Å²) in [5, 5.41) is 39.1. The normalized spacial score (nSPS) is 32.6. The summed E-state index contributed by atoms with van der Waals surface area (Å²) in [7, 11) is 0. The smallest absolute Gasteiger partial charge is 0.244 e. The molecular weight excluding hydrogens is 354 g/mol. The van der Waals surface area contributed by atoms with Gasteiger partial charge in [-0.1, -0.05) is 37.3 Å². The monoisotopic (exact) mass is 371 g/mol. The summed E-state index contributed by atoms with van der Waals surface area (Å²) in [6, 6.07) is 18.8. The van der Waals surface area contributed by atoms with Crippen LogP contribution in [0.5, 0.6) is 0 Å². The van der Waals surface area contributed by atoms with Gasteiger partial charge in [-0.05, 0) is 18.6 Å². The Kier molecular flexibility index (Phi) is 3.79. The van der Waals surface area contributed by atoms with Gasteiger partial charge in [0.05, 0.1) is 24.1 Å². The summed E-state index contributed by atoms with van der Waals surface area (Å²) in [5.41, 5.74) is -2.59. The number of ether oxygens (including phenoxy) is 2. The van der Waals surface area contributed by atoms with Crippen molar-refractivity contribution in [1.29, 1.82) is 21.2 Å². The lowest BCUT2D eigenvalue weighted by atomic mass is 9.53. The Morgan fingerprint density at radius 3 is 2.32 bits per heavy atom. The van der Waals surface area contributed by atoms with Crippen molar-refractivity contribution in [2.24, 2.45) is 16.7 Å². The largest absolute Gasteiger partial charge is 0.443 e. The second-order valence-electron chi connectivity index (χ2n) is 7.00. The lowest BCUT2D eigenvalue weighted by molar-refractivity contribution is -0.293. The first kappa shape index (κ1) is 17.8. The average molecular weight is 371 g/mol. The van der Waals surface area contributed by atoms with E-state index in [2.05, 4.69) is 11.1 Å². The maximum atomic E-state index is 10.3. The van der Waals surface area contributed by atoms with E-state index in [0.717, 1.165) is 0 Å². The van der Waals surface area contributed by atoms with Crippen LogP contribution < -0.4 is 0 Å². The molecule has 2 saturated heterocycles. The Bertz CT molecular complexity index is 1030. The van der Waals surface area contributed by atoms with Crippen LogP contribution in [0.2, 0.25) is 0 Å². The van der Waals surface area contributed by atoms with Gasteiger partial charge in [-0.2, -0.15) is 15.8 Å². The molecule has 4 rings (SSSR count). The van der Waals surface area contributed by atoms with Crippen LogP contribution in [0.15, 0.2) is 48.7 Å². The molecule has 2 aliphatic heterocycles. The summed E-state index contributed by atoms with van der Waals surface area (Å²) in [5.74, 6) is -2.54. The van der Waals surface area contributed by atoms with E-state index in [9.17, 15) is 15.8 Å². The number of rotatable bonds is 3. The molecule has 3 heterocycles. The molecule has 7 heteroatoms. The Morgan fingerprint density at radius 1 is 1.07 bits per heavy atom. The quantitative estimate of drug-likeness (QED) is 0.852. The highest BCUT2D eigenvalue weighted by Crippen LogP contribution is 2.69. The van der Waals surface area contributed by atoms with Crippen LogP contribution in [0.25, 0.3) is 0 Å². The molecule has 1 aromatic carbocycles. The highest BCUT2D eigenvalue weighted by Gasteiger charge is 2.80. The number of hydrogen-bond acceptors (Lipinski definition) is 6. The van der Waals surface area contributed by atoms with E-state index in [4.69, 9.17) is 14.9 Å². The lowest BCUT2D eigenvalue weighted by Gasteiger charge is -2.49. The van der Waals surface area contributed by atoms with Crippen LogP contribution in [0.3, 0.4) is 0 Å². The van der Waals surface area contributed by atoms with Crippen LogP contribution in [-0.2, 0) is 15.3 Å². The van der Waals surface area contributed by atoms with E-state index in [1.807, 2.05) is 37.3 Å². The summed E-state index contributed by atoms with van der Waals surface area (Å²) in [4.78, 5) is 2.99. The number of hydrogen-bond donors (Lipinski definition) is 2. The fourth-order valence-electron chi connectivity index (χ4n) is 4.69. The van der Waals surface area contributed by atoms with Gasteiger partial charge in [0.2, 0.25) is 17.1 Å². The number of aromatic amines is 1. The maximum absolute atomic E-state index is 10.3. The first-order valence-corrected chi connectivity index (χ1v) is 8.94. The molecule has 0 amide bonds. The SMILES string of the molecule is CCC1C2(c3ccccc3)OC(=N)C1(C#N)C(C#N)(C#N)C(c1ccc[nH]1)O2. The number of nitrogens with zero attached hydrogens (tertiary/aromatic N) is 3. The number of nitriles is 3. The van der Waals surface area contributed by atoms with Gasteiger partial charge in [0, 0.05) is 17.5 Å². The van der Waals surface area contributed by atoms with Gasteiger partial charge in [-0.15, -0.1) is 0 Å². The second kappa shape index (κ2) is 5.96. The zero-order valence-electron chi connectivity index (χ0n) is 15.1. The van der Waals surface area contributed by atoms with E-state index in [1.54, 1.807) is 30.5 Å². The molecule has 0 saturated carbocycles. The van der Waals surface area contributed by atoms with Crippen LogP contribution in [0.4, 0.5) is 0 Å². The van der Waals surface area contributed by atoms with E-state index < -0.39 is 34.5 Å². The third-order valence-corrected chi connectivity index (χ3v) is 5.92. The predicted octanol–water partition coefficient (Wildman–Crippen LogP) is 3.52. The Hall–Kier alpha value is -3.60. The topological polar surface area (TPSA) is 129 Å². The van der Waals surface area contributed by atoms with Crippen molar-refractivity contribution >= 4 is 5.90 Å². The third-order valence-electron chi connectivity index (χ3n) is 5.92. The molecule has 2 bridgehead atoms. The standard InChI is InChI=1S/C21H17N5O2/c1-2-16-20(13-24)18(25)28-21(16,14-7-4-3-5-8-14)27-17(15-9-6-10-26-15)19(20,11-22)12-23/h3-10,16-17,25-26H,2H2,1H3. The number of fused-ring (bicyclic) bond motifs is 2. The molecule has 7 nitrogen and oxygen atoms in total. The molecule has 4 unspecified atom stereocenters. The van der Waals surface area contributed by atoms with Gasteiger partial charge < -0.3 is 14.5 Å². The van der Waals surface area contributed by atoms with Crippen LogP contribution in [0, 0.1) is 56.2 Å². The van der Waals surface area contributed by atoms with Gasteiger partial charge in [0.15, 0.2) is 5.41 Å². The molecule has 0 spiro atoms. The minimum Gasteiger partial charge on any atom is -0.443 e. The molecule has 138 valence electrons. The van der Waals surface area contributed by atoms with Gasteiger partial charge >= 0.3 is 0 Å². The van der Waals surface area contributed by atoms with E-state index in [0.29, 0.717) is 17.7 Å². The summed E-state index contributed by atoms with van der Waals surface area (Å²) in [6.07, 6.45) is 0.947. The average Bonchev–Trinajstić information content (AvgIpc) is 3.33. The van der Waals surface area contributed by atoms with E-state index >= 15 is 0 Å². The summed E-state index contributed by atoms with van der Waals surface area (Å²) < 4.78 is 12.4. The minimum atomic E-state index is -1.95. The Labute approximate surface area is 162 Å². The minimum absolute atomic E-state index is 0.382. The fourth-order valence-corrected chi connectivity index (χ4v) is 4.69. The van der Waals surface area contributed by atoms with Crippen LogP contribution >= 0.6 is 0 Å². The molecule has 2 aliphatic rings. The molecule has 4 atom stereocenters. The van der Waals surface area contributed by atoms with Crippen LogP contribution in [0.1, 0.15) is 30.7 Å². The molecule has 2 fully saturated rings. The Morgan fingerprint density at radius 2 is 1.79 bits per heavy atom. The third kappa shape index (κ3) is 1.80. The van der Waals surface area contributed by atoms with Gasteiger partial charge in [-0.25, -0.2) is 0 Å². The molecule has 1 aromatic heterocycles. The molecule has 0 radical (unpaired) electrons. The van der Waals surface area contributed by atoms with Gasteiger partial charge in [-0.3, -0.25) is 5.41 Å². The molecule has 0 aliphatic carbocycles. The van der Waals surface area contributed by atoms with Crippen molar-refractivity contribution in [2.75, 3.05) is 0 Å². The van der Waals surface area contributed by atoms with Crippen molar-refractivity contribution in [1.82, 2.24) is 4.98 Å². The molecule has 2 aromatic rings. The lowest BCUT2D eigenvalue weighted by Crippen LogP contribution is -2.58. The van der Waals surface area contributed by atoms with Crippen molar-refractivity contribution < 1.29 is 9.47 Å². The van der Waals surface area contributed by atoms with E-state index in [-0.39, 0.29) is 0 Å². The first-order chi connectivity index (χ1) is 13.6. The highest BCUT2D eigenvalue weighted by molar-refractivity contribution is 5.89. The summed E-state index contributed by atoms with van der Waals surface area (Å²) >= 11 is 0. The fraction of sp³-hybridized carbons (Fsp3) is 0.333. The zero-order chi connectivity index (χ0) is 20.0. The van der Waals surface area contributed by atoms with Gasteiger partial charge in [0.25, 0.3) is 0 Å². The number of H-pyrrole nitrogens is 1. The maximum Gasteiger partial charge on any atom is 0.244 e. The predicted molar refractivity (Wildman–Crippen MR) is 97.0 cm³/mol. The number of benzene rings is 1. The second-order valence-corrected chi connectivity index (χ2v) is 7.00. The van der Waals surface area contributed by atoms with Crippen molar-refractivity contribution in [3.05, 3.63) is 59.9 Å². The molecule has 28 heavy (non-hydrogen) atoms. The zero-order valence-corrected chi connectivity index (χ0v) is 15.1. The van der Waals surface area contributed by atoms with E-state index in [1.165, 1.54) is 0 Å². The van der Waals surface area contributed by atoms with Crippen molar-refractivity contribution in [3.8, 4) is 18.2 Å². The summed E-state index contributed by atoms with van der Waals surface area (Å²) in [6.45, 7) is 1.84. The Balaban J connectivity index is 2.07. The van der Waals surface area contributed by atoms with Gasteiger partial charge in [0.1, 0.15) is 6.10 Å².